The Morgan fingerprint density at radius 2 is 1.87 bits per heavy atom. The summed E-state index contributed by atoms with van der Waals surface area (Å²) in [5, 5.41) is 10.8. The van der Waals surface area contributed by atoms with Crippen molar-refractivity contribution in [3.63, 3.8) is 0 Å². The first-order valence-electron chi connectivity index (χ1n) is 4.37. The Morgan fingerprint density at radius 1 is 1.33 bits per heavy atom. The summed E-state index contributed by atoms with van der Waals surface area (Å²) in [4.78, 5) is 10.4. The molecule has 0 aromatic heterocycles. The maximum Gasteiger partial charge on any atom is 0.275 e. The largest absolute Gasteiger partial charge is 0.399 e. The van der Waals surface area contributed by atoms with Crippen LogP contribution in [0.2, 0.25) is 0 Å². The lowest BCUT2D eigenvalue weighted by Crippen LogP contribution is -2.13. The predicted molar refractivity (Wildman–Crippen MR) is 63.5 cm³/mol. The Labute approximate surface area is 95.0 Å². The molecule has 0 aliphatic carbocycles. The zero-order valence-electron chi connectivity index (χ0n) is 8.98. The van der Waals surface area contributed by atoms with Crippen molar-refractivity contribution < 1.29 is 4.92 Å². The molecule has 0 spiro atoms. The fourth-order valence-corrected chi connectivity index (χ4v) is 1.33. The first-order valence-corrected chi connectivity index (χ1v) is 4.37. The average molecular weight is 231 g/mol. The minimum Gasteiger partial charge on any atom is -0.399 e. The average Bonchev–Trinajstić information content (AvgIpc) is 2.01. The van der Waals surface area contributed by atoms with Crippen molar-refractivity contribution in [2.24, 2.45) is 0 Å². The minimum atomic E-state index is -0.392. The highest BCUT2D eigenvalue weighted by atomic mass is 35.5. The van der Waals surface area contributed by atoms with E-state index in [-0.39, 0.29) is 23.5 Å². The van der Waals surface area contributed by atoms with Crippen LogP contribution < -0.4 is 5.73 Å². The molecule has 1 rings (SSSR count). The second-order valence-corrected chi connectivity index (χ2v) is 4.28. The molecule has 0 atom stereocenters. The number of nitrogens with zero attached hydrogens (tertiary/aromatic N) is 1. The van der Waals surface area contributed by atoms with Gasteiger partial charge in [0.25, 0.3) is 5.69 Å². The van der Waals surface area contributed by atoms with Gasteiger partial charge in [-0.1, -0.05) is 20.8 Å². The monoisotopic (exact) mass is 230 g/mol. The molecule has 0 aliphatic rings. The molecule has 15 heavy (non-hydrogen) atoms. The third-order valence-corrected chi connectivity index (χ3v) is 2.03. The molecule has 1 aromatic rings. The number of hydrogen-bond acceptors (Lipinski definition) is 3. The number of benzene rings is 1. The molecule has 0 aliphatic heterocycles. The lowest BCUT2D eigenvalue weighted by molar-refractivity contribution is -0.385. The van der Waals surface area contributed by atoms with E-state index < -0.39 is 4.92 Å². The third kappa shape index (κ3) is 3.09. The summed E-state index contributed by atoms with van der Waals surface area (Å²) in [6.07, 6.45) is 0. The predicted octanol–water partition coefficient (Wildman–Crippen LogP) is 2.90. The molecule has 0 unspecified atom stereocenters. The van der Waals surface area contributed by atoms with Gasteiger partial charge in [-0.15, -0.1) is 12.4 Å². The Bertz CT molecular complexity index is 372. The van der Waals surface area contributed by atoms with Gasteiger partial charge in [-0.25, -0.2) is 0 Å². The normalized spacial score (nSPS) is 10.6. The summed E-state index contributed by atoms with van der Waals surface area (Å²) in [7, 11) is 0. The molecule has 0 amide bonds. The summed E-state index contributed by atoms with van der Waals surface area (Å²) in [6, 6.07) is 4.81. The first kappa shape index (κ1) is 13.7. The Balaban J connectivity index is 0.00000196. The van der Waals surface area contributed by atoms with Crippen molar-refractivity contribution in [2.45, 2.75) is 26.2 Å². The van der Waals surface area contributed by atoms with Crippen LogP contribution in [0.25, 0.3) is 0 Å². The smallest absolute Gasteiger partial charge is 0.275 e. The van der Waals surface area contributed by atoms with Crippen LogP contribution in [-0.4, -0.2) is 4.92 Å². The van der Waals surface area contributed by atoms with Crippen LogP contribution in [0.5, 0.6) is 0 Å². The van der Waals surface area contributed by atoms with E-state index in [9.17, 15) is 10.1 Å². The molecule has 2 N–H and O–H groups in total. The van der Waals surface area contributed by atoms with Crippen LogP contribution in [0.3, 0.4) is 0 Å². The number of hydrogen-bond donors (Lipinski definition) is 1. The number of nitro groups is 1. The standard InChI is InChI=1S/C10H14N2O2.ClH/c1-10(2,3)8-5-4-7(11)6-9(8)12(13)14;/h4-6H,11H2,1-3H3;1H. The minimum absolute atomic E-state index is 0. The van der Waals surface area contributed by atoms with Gasteiger partial charge in [0.15, 0.2) is 0 Å². The van der Waals surface area contributed by atoms with Crippen LogP contribution in [0.4, 0.5) is 11.4 Å². The molecule has 0 fully saturated rings. The van der Waals surface area contributed by atoms with Crippen LogP contribution in [-0.2, 0) is 5.41 Å². The molecule has 84 valence electrons. The lowest BCUT2D eigenvalue weighted by atomic mass is 9.86. The molecule has 0 saturated heterocycles. The number of halogens is 1. The van der Waals surface area contributed by atoms with Crippen LogP contribution in [0.15, 0.2) is 18.2 Å². The maximum atomic E-state index is 10.8. The molecule has 0 bridgehead atoms. The highest BCUT2D eigenvalue weighted by Crippen LogP contribution is 2.32. The van der Waals surface area contributed by atoms with Gasteiger partial charge in [-0.3, -0.25) is 10.1 Å². The Morgan fingerprint density at radius 3 is 2.27 bits per heavy atom. The highest BCUT2D eigenvalue weighted by Gasteiger charge is 2.24. The zero-order chi connectivity index (χ0) is 10.9. The van der Waals surface area contributed by atoms with Crippen molar-refractivity contribution >= 4 is 23.8 Å². The van der Waals surface area contributed by atoms with Crippen molar-refractivity contribution in [3.05, 3.63) is 33.9 Å². The molecule has 5 heteroatoms. The van der Waals surface area contributed by atoms with E-state index in [0.29, 0.717) is 11.3 Å². The number of nitrogen functional groups attached to an aromatic ring is 1. The van der Waals surface area contributed by atoms with Crippen LogP contribution >= 0.6 is 12.4 Å². The van der Waals surface area contributed by atoms with Crippen LogP contribution in [0, 0.1) is 10.1 Å². The van der Waals surface area contributed by atoms with Crippen molar-refractivity contribution in [2.75, 3.05) is 5.73 Å². The van der Waals surface area contributed by atoms with Gasteiger partial charge in [-0.2, -0.15) is 0 Å². The summed E-state index contributed by atoms with van der Waals surface area (Å²) < 4.78 is 0. The van der Waals surface area contributed by atoms with E-state index in [0.717, 1.165) is 0 Å². The molecular weight excluding hydrogens is 216 g/mol. The van der Waals surface area contributed by atoms with Gasteiger partial charge in [0.05, 0.1) is 4.92 Å². The van der Waals surface area contributed by atoms with E-state index >= 15 is 0 Å². The van der Waals surface area contributed by atoms with Gasteiger partial charge in [-0.05, 0) is 17.5 Å². The number of nitro benzene ring substituents is 1. The molecule has 1 aromatic carbocycles. The molecule has 0 saturated carbocycles. The van der Waals surface area contributed by atoms with Gasteiger partial charge in [0.1, 0.15) is 0 Å². The quantitative estimate of drug-likeness (QED) is 0.458. The number of nitrogens with two attached hydrogens (primary N) is 1. The van der Waals surface area contributed by atoms with E-state index in [1.54, 1.807) is 12.1 Å². The Hall–Kier alpha value is -1.29. The van der Waals surface area contributed by atoms with E-state index in [4.69, 9.17) is 5.73 Å². The summed E-state index contributed by atoms with van der Waals surface area (Å²) in [5.74, 6) is 0. The van der Waals surface area contributed by atoms with Crippen molar-refractivity contribution in [1.82, 2.24) is 0 Å². The second-order valence-electron chi connectivity index (χ2n) is 4.28. The van der Waals surface area contributed by atoms with Crippen molar-refractivity contribution in [1.29, 1.82) is 0 Å². The summed E-state index contributed by atoms with van der Waals surface area (Å²) >= 11 is 0. The fourth-order valence-electron chi connectivity index (χ4n) is 1.33. The molecule has 0 heterocycles. The lowest BCUT2D eigenvalue weighted by Gasteiger charge is -2.18. The molecular formula is C10H15ClN2O2. The van der Waals surface area contributed by atoms with E-state index in [1.165, 1.54) is 6.07 Å². The van der Waals surface area contributed by atoms with Crippen molar-refractivity contribution in [3.8, 4) is 0 Å². The zero-order valence-corrected chi connectivity index (χ0v) is 9.80. The van der Waals surface area contributed by atoms with Gasteiger partial charge < -0.3 is 5.73 Å². The fraction of sp³-hybridized carbons (Fsp3) is 0.400. The summed E-state index contributed by atoms with van der Waals surface area (Å²) in [5.41, 5.74) is 6.49. The van der Waals surface area contributed by atoms with E-state index in [2.05, 4.69) is 0 Å². The first-order chi connectivity index (χ1) is 6.32. The highest BCUT2D eigenvalue weighted by molar-refractivity contribution is 5.85. The van der Waals surface area contributed by atoms with Crippen LogP contribution in [0.1, 0.15) is 26.3 Å². The van der Waals surface area contributed by atoms with Gasteiger partial charge in [0.2, 0.25) is 0 Å². The maximum absolute atomic E-state index is 10.8. The molecule has 0 radical (unpaired) electrons. The number of rotatable bonds is 1. The van der Waals surface area contributed by atoms with Gasteiger partial charge in [0, 0.05) is 17.3 Å². The topological polar surface area (TPSA) is 69.2 Å². The SMILES string of the molecule is CC(C)(C)c1ccc(N)cc1[N+](=O)[O-].Cl. The Kier molecular flexibility index (Phi) is 4.10. The molecule has 4 nitrogen and oxygen atoms in total. The third-order valence-electron chi connectivity index (χ3n) is 2.03. The van der Waals surface area contributed by atoms with E-state index in [1.807, 2.05) is 20.8 Å². The number of anilines is 1. The van der Waals surface area contributed by atoms with Gasteiger partial charge >= 0.3 is 0 Å². The second kappa shape index (κ2) is 4.49. The summed E-state index contributed by atoms with van der Waals surface area (Å²) in [6.45, 7) is 5.81.